The molecule has 1 aromatic carbocycles. The number of ether oxygens (including phenoxy) is 1. The zero-order valence-electron chi connectivity index (χ0n) is 13.2. The Bertz CT molecular complexity index is 541. The molecule has 1 fully saturated rings. The maximum atomic E-state index is 11.4. The fraction of sp³-hybridized carbons (Fsp3) is 0.611. The molecule has 4 nitrogen and oxygen atoms in total. The predicted octanol–water partition coefficient (Wildman–Crippen LogP) is 2.78. The predicted molar refractivity (Wildman–Crippen MR) is 85.0 cm³/mol. The van der Waals surface area contributed by atoms with Crippen molar-refractivity contribution in [2.24, 2.45) is 5.92 Å². The highest BCUT2D eigenvalue weighted by molar-refractivity contribution is 5.67. The molecular formula is C18H25NO3. The molecule has 4 heteroatoms. The SMILES string of the molecule is CC(O)C1CCc2cc([C@H]3CCCOC(=O)NC3)ccc2C1. The van der Waals surface area contributed by atoms with E-state index < -0.39 is 0 Å². The summed E-state index contributed by atoms with van der Waals surface area (Å²) in [6.07, 6.45) is 4.50. The van der Waals surface area contributed by atoms with E-state index in [2.05, 4.69) is 23.5 Å². The Balaban J connectivity index is 1.74. The van der Waals surface area contributed by atoms with Crippen molar-refractivity contribution in [1.82, 2.24) is 5.32 Å². The topological polar surface area (TPSA) is 58.6 Å². The molecule has 3 rings (SSSR count). The number of carbonyl (C=O) groups is 1. The van der Waals surface area contributed by atoms with E-state index in [1.165, 1.54) is 16.7 Å². The lowest BCUT2D eigenvalue weighted by Gasteiger charge is -2.28. The fourth-order valence-corrected chi connectivity index (χ4v) is 3.61. The highest BCUT2D eigenvalue weighted by Gasteiger charge is 2.24. The van der Waals surface area contributed by atoms with Crippen LogP contribution in [0.1, 0.15) is 48.8 Å². The van der Waals surface area contributed by atoms with Crippen molar-refractivity contribution >= 4 is 6.09 Å². The van der Waals surface area contributed by atoms with Gasteiger partial charge in [-0.25, -0.2) is 4.79 Å². The number of hydrogen-bond acceptors (Lipinski definition) is 3. The van der Waals surface area contributed by atoms with Crippen molar-refractivity contribution in [2.75, 3.05) is 13.2 Å². The van der Waals surface area contributed by atoms with Crippen LogP contribution in [0.15, 0.2) is 18.2 Å². The molecule has 22 heavy (non-hydrogen) atoms. The molecule has 0 spiro atoms. The molecule has 1 aliphatic carbocycles. The van der Waals surface area contributed by atoms with Crippen molar-refractivity contribution in [3.8, 4) is 0 Å². The number of alkyl carbamates (subject to hydrolysis) is 1. The normalized spacial score (nSPS) is 26.9. The third-order valence-electron chi connectivity index (χ3n) is 5.07. The molecule has 3 atom stereocenters. The van der Waals surface area contributed by atoms with Gasteiger partial charge in [-0.05, 0) is 61.6 Å². The van der Waals surface area contributed by atoms with Gasteiger partial charge in [0.25, 0.3) is 0 Å². The molecule has 0 radical (unpaired) electrons. The molecule has 0 bridgehead atoms. The Morgan fingerprint density at radius 2 is 2.18 bits per heavy atom. The Labute approximate surface area is 131 Å². The van der Waals surface area contributed by atoms with Gasteiger partial charge in [-0.2, -0.15) is 0 Å². The number of hydrogen-bond donors (Lipinski definition) is 2. The number of aliphatic hydroxyl groups is 1. The minimum Gasteiger partial charge on any atom is -0.450 e. The first kappa shape index (κ1) is 15.3. The second-order valence-corrected chi connectivity index (χ2v) is 6.63. The van der Waals surface area contributed by atoms with Crippen LogP contribution in [-0.4, -0.2) is 30.5 Å². The number of nitrogens with one attached hydrogen (secondary N) is 1. The van der Waals surface area contributed by atoms with Gasteiger partial charge in [0.2, 0.25) is 0 Å². The van der Waals surface area contributed by atoms with Gasteiger partial charge in [0, 0.05) is 12.5 Å². The lowest BCUT2D eigenvalue weighted by atomic mass is 9.79. The van der Waals surface area contributed by atoms with E-state index in [9.17, 15) is 9.90 Å². The largest absolute Gasteiger partial charge is 0.450 e. The van der Waals surface area contributed by atoms with E-state index in [-0.39, 0.29) is 12.2 Å². The zero-order valence-corrected chi connectivity index (χ0v) is 13.2. The molecule has 1 amide bonds. The van der Waals surface area contributed by atoms with Crippen molar-refractivity contribution < 1.29 is 14.6 Å². The van der Waals surface area contributed by atoms with Crippen molar-refractivity contribution in [1.29, 1.82) is 0 Å². The lowest BCUT2D eigenvalue weighted by Crippen LogP contribution is -2.31. The molecule has 2 aliphatic rings. The molecule has 1 heterocycles. The van der Waals surface area contributed by atoms with Gasteiger partial charge in [-0.3, -0.25) is 0 Å². The summed E-state index contributed by atoms with van der Waals surface area (Å²) in [5.74, 6) is 0.754. The first-order valence-electron chi connectivity index (χ1n) is 8.34. The van der Waals surface area contributed by atoms with E-state index in [1.807, 2.05) is 6.92 Å². The lowest BCUT2D eigenvalue weighted by molar-refractivity contribution is 0.116. The highest BCUT2D eigenvalue weighted by atomic mass is 16.5. The molecule has 1 aliphatic heterocycles. The van der Waals surface area contributed by atoms with Crippen LogP contribution in [0.2, 0.25) is 0 Å². The average Bonchev–Trinajstić information content (AvgIpc) is 2.50. The van der Waals surface area contributed by atoms with Crippen LogP contribution in [0, 0.1) is 5.92 Å². The number of benzene rings is 1. The molecule has 1 aromatic rings. The average molecular weight is 303 g/mol. The number of fused-ring (bicyclic) bond motifs is 1. The van der Waals surface area contributed by atoms with Crippen LogP contribution in [-0.2, 0) is 17.6 Å². The molecule has 1 saturated heterocycles. The zero-order chi connectivity index (χ0) is 15.5. The molecule has 2 unspecified atom stereocenters. The Morgan fingerprint density at radius 1 is 1.32 bits per heavy atom. The van der Waals surface area contributed by atoms with Gasteiger partial charge in [0.1, 0.15) is 0 Å². The van der Waals surface area contributed by atoms with E-state index in [0.29, 0.717) is 25.0 Å². The molecular weight excluding hydrogens is 278 g/mol. The smallest absolute Gasteiger partial charge is 0.407 e. The number of aliphatic hydroxyl groups excluding tert-OH is 1. The van der Waals surface area contributed by atoms with Crippen molar-refractivity contribution in [3.63, 3.8) is 0 Å². The summed E-state index contributed by atoms with van der Waals surface area (Å²) in [5, 5.41) is 12.6. The summed E-state index contributed by atoms with van der Waals surface area (Å²) < 4.78 is 5.02. The first-order chi connectivity index (χ1) is 10.6. The van der Waals surface area contributed by atoms with E-state index >= 15 is 0 Å². The van der Waals surface area contributed by atoms with Gasteiger partial charge < -0.3 is 15.2 Å². The summed E-state index contributed by atoms with van der Waals surface area (Å²) >= 11 is 0. The van der Waals surface area contributed by atoms with Gasteiger partial charge in [-0.15, -0.1) is 0 Å². The number of carbonyl (C=O) groups excluding carboxylic acids is 1. The van der Waals surface area contributed by atoms with Gasteiger partial charge in [0.15, 0.2) is 0 Å². The van der Waals surface area contributed by atoms with E-state index in [4.69, 9.17) is 4.74 Å². The number of rotatable bonds is 2. The van der Waals surface area contributed by atoms with Crippen LogP contribution in [0.3, 0.4) is 0 Å². The second-order valence-electron chi connectivity index (χ2n) is 6.63. The number of amides is 1. The molecule has 2 N–H and O–H groups in total. The fourth-order valence-electron chi connectivity index (χ4n) is 3.61. The number of aryl methyl sites for hydroxylation is 1. The standard InChI is InChI=1S/C18H25NO3/c1-12(20)13-4-5-15-10-16(7-6-14(15)9-13)17-3-2-8-22-18(21)19-11-17/h6-7,10,12-13,17,20H,2-5,8-9,11H2,1H3,(H,19,21)/t12?,13?,17-/m0/s1. The monoisotopic (exact) mass is 303 g/mol. The highest BCUT2D eigenvalue weighted by Crippen LogP contribution is 2.31. The van der Waals surface area contributed by atoms with Crippen LogP contribution in [0.5, 0.6) is 0 Å². The summed E-state index contributed by atoms with van der Waals surface area (Å²) in [7, 11) is 0. The van der Waals surface area contributed by atoms with Crippen LogP contribution in [0.4, 0.5) is 4.79 Å². The maximum absolute atomic E-state index is 11.4. The Morgan fingerprint density at radius 3 is 3.00 bits per heavy atom. The minimum absolute atomic E-state index is 0.228. The third-order valence-corrected chi connectivity index (χ3v) is 5.07. The van der Waals surface area contributed by atoms with Crippen molar-refractivity contribution in [3.05, 3.63) is 34.9 Å². The third kappa shape index (κ3) is 3.43. The van der Waals surface area contributed by atoms with Crippen LogP contribution >= 0.6 is 0 Å². The minimum atomic E-state index is -0.303. The van der Waals surface area contributed by atoms with Gasteiger partial charge in [0.05, 0.1) is 12.7 Å². The van der Waals surface area contributed by atoms with Gasteiger partial charge >= 0.3 is 6.09 Å². The van der Waals surface area contributed by atoms with E-state index in [0.717, 1.165) is 32.1 Å². The van der Waals surface area contributed by atoms with Crippen molar-refractivity contribution in [2.45, 2.75) is 51.0 Å². The molecule has 0 saturated carbocycles. The summed E-state index contributed by atoms with van der Waals surface area (Å²) in [4.78, 5) is 11.4. The maximum Gasteiger partial charge on any atom is 0.407 e. The van der Waals surface area contributed by atoms with Crippen LogP contribution < -0.4 is 5.32 Å². The second kappa shape index (κ2) is 6.69. The number of cyclic esters (lactones) is 1. The Hall–Kier alpha value is -1.55. The molecule has 120 valence electrons. The van der Waals surface area contributed by atoms with Crippen LogP contribution in [0.25, 0.3) is 0 Å². The molecule has 0 aromatic heterocycles. The quantitative estimate of drug-likeness (QED) is 0.883. The summed E-state index contributed by atoms with van der Waals surface area (Å²) in [6.45, 7) is 3.04. The Kier molecular flexibility index (Phi) is 4.67. The first-order valence-corrected chi connectivity index (χ1v) is 8.34. The van der Waals surface area contributed by atoms with Gasteiger partial charge in [-0.1, -0.05) is 18.2 Å². The summed E-state index contributed by atoms with van der Waals surface area (Å²) in [6, 6.07) is 6.73. The summed E-state index contributed by atoms with van der Waals surface area (Å²) in [5.41, 5.74) is 4.11. The van der Waals surface area contributed by atoms with E-state index in [1.54, 1.807) is 0 Å².